The third-order valence-corrected chi connectivity index (χ3v) is 5.08. The lowest BCUT2D eigenvalue weighted by atomic mass is 10.1. The molecule has 0 unspecified atom stereocenters. The van der Waals surface area contributed by atoms with Gasteiger partial charge in [-0.25, -0.2) is 0 Å². The molecule has 0 spiro atoms. The predicted octanol–water partition coefficient (Wildman–Crippen LogP) is 3.54. The van der Waals surface area contributed by atoms with Crippen molar-refractivity contribution in [3.05, 3.63) is 24.3 Å². The molecule has 0 N–H and O–H groups in total. The Kier molecular flexibility index (Phi) is 5.02. The highest BCUT2D eigenvalue weighted by atomic mass is 16.5. The highest BCUT2D eigenvalue weighted by Crippen LogP contribution is 2.29. The van der Waals surface area contributed by atoms with Crippen LogP contribution in [0, 0.1) is 0 Å². The maximum absolute atomic E-state index is 5.50. The van der Waals surface area contributed by atoms with Crippen molar-refractivity contribution in [3.8, 4) is 5.75 Å². The Labute approximate surface area is 128 Å². The van der Waals surface area contributed by atoms with Gasteiger partial charge in [0.05, 0.1) is 12.8 Å². The van der Waals surface area contributed by atoms with Gasteiger partial charge in [-0.15, -0.1) is 0 Å². The number of nitrogens with zero attached hydrogens (tertiary/aromatic N) is 2. The van der Waals surface area contributed by atoms with E-state index in [1.807, 2.05) is 6.07 Å². The third kappa shape index (κ3) is 3.52. The molecule has 1 saturated carbocycles. The number of methoxy groups -OCH3 is 1. The lowest BCUT2D eigenvalue weighted by Crippen LogP contribution is -2.50. The molecule has 2 aliphatic rings. The fourth-order valence-electron chi connectivity index (χ4n) is 3.84. The van der Waals surface area contributed by atoms with Crippen molar-refractivity contribution < 1.29 is 4.74 Å². The summed E-state index contributed by atoms with van der Waals surface area (Å²) in [6, 6.07) is 9.24. The number of benzene rings is 1. The summed E-state index contributed by atoms with van der Waals surface area (Å²) < 4.78 is 5.50. The van der Waals surface area contributed by atoms with Crippen molar-refractivity contribution in [2.45, 2.75) is 44.6 Å². The van der Waals surface area contributed by atoms with Crippen LogP contribution in [-0.2, 0) is 0 Å². The number of ether oxygens (including phenoxy) is 1. The Hall–Kier alpha value is -1.22. The van der Waals surface area contributed by atoms with Crippen LogP contribution in [0.2, 0.25) is 0 Å². The molecule has 1 aliphatic heterocycles. The highest BCUT2D eigenvalue weighted by Gasteiger charge is 2.25. The van der Waals surface area contributed by atoms with E-state index in [0.29, 0.717) is 0 Å². The van der Waals surface area contributed by atoms with Crippen LogP contribution in [0.1, 0.15) is 38.5 Å². The molecule has 21 heavy (non-hydrogen) atoms. The van der Waals surface area contributed by atoms with E-state index in [0.717, 1.165) is 24.9 Å². The number of anilines is 1. The molecule has 1 heterocycles. The van der Waals surface area contributed by atoms with Gasteiger partial charge in [-0.2, -0.15) is 0 Å². The molecule has 3 nitrogen and oxygen atoms in total. The van der Waals surface area contributed by atoms with Crippen molar-refractivity contribution in [2.24, 2.45) is 0 Å². The van der Waals surface area contributed by atoms with Crippen LogP contribution in [0.4, 0.5) is 5.69 Å². The fourth-order valence-corrected chi connectivity index (χ4v) is 3.84. The predicted molar refractivity (Wildman–Crippen MR) is 88.3 cm³/mol. The van der Waals surface area contributed by atoms with Gasteiger partial charge in [-0.05, 0) is 25.0 Å². The first-order valence-corrected chi connectivity index (χ1v) is 8.50. The van der Waals surface area contributed by atoms with Crippen molar-refractivity contribution >= 4 is 5.69 Å². The van der Waals surface area contributed by atoms with Crippen LogP contribution in [0.15, 0.2) is 24.3 Å². The van der Waals surface area contributed by atoms with Crippen molar-refractivity contribution in [3.63, 3.8) is 0 Å². The van der Waals surface area contributed by atoms with Gasteiger partial charge in [0, 0.05) is 32.2 Å². The summed E-state index contributed by atoms with van der Waals surface area (Å²) in [5, 5.41) is 0. The van der Waals surface area contributed by atoms with E-state index in [-0.39, 0.29) is 0 Å². The third-order valence-electron chi connectivity index (χ3n) is 5.08. The zero-order chi connectivity index (χ0) is 14.5. The van der Waals surface area contributed by atoms with E-state index < -0.39 is 0 Å². The Bertz CT molecular complexity index is 433. The molecular formula is C18H28N2O. The van der Waals surface area contributed by atoms with Gasteiger partial charge in [0.2, 0.25) is 0 Å². The Balaban J connectivity index is 1.59. The number of hydrogen-bond acceptors (Lipinski definition) is 3. The van der Waals surface area contributed by atoms with E-state index in [9.17, 15) is 0 Å². The van der Waals surface area contributed by atoms with Crippen molar-refractivity contribution in [1.29, 1.82) is 0 Å². The van der Waals surface area contributed by atoms with Crippen LogP contribution >= 0.6 is 0 Å². The monoisotopic (exact) mass is 288 g/mol. The first kappa shape index (κ1) is 14.7. The molecule has 3 heteroatoms. The zero-order valence-electron chi connectivity index (χ0n) is 13.3. The summed E-state index contributed by atoms with van der Waals surface area (Å²) in [7, 11) is 1.76. The van der Waals surface area contributed by atoms with Gasteiger partial charge in [0.25, 0.3) is 0 Å². The average Bonchev–Trinajstić information content (AvgIpc) is 2.84. The van der Waals surface area contributed by atoms with Crippen LogP contribution in [0.25, 0.3) is 0 Å². The first-order valence-electron chi connectivity index (χ1n) is 8.50. The van der Waals surface area contributed by atoms with E-state index in [1.54, 1.807) is 7.11 Å². The fraction of sp³-hybridized carbons (Fsp3) is 0.667. The zero-order valence-corrected chi connectivity index (χ0v) is 13.3. The molecule has 116 valence electrons. The molecule has 0 radical (unpaired) electrons. The largest absolute Gasteiger partial charge is 0.495 e. The van der Waals surface area contributed by atoms with Gasteiger partial charge < -0.3 is 9.64 Å². The minimum absolute atomic E-state index is 0.840. The topological polar surface area (TPSA) is 15.7 Å². The van der Waals surface area contributed by atoms with Gasteiger partial charge >= 0.3 is 0 Å². The lowest BCUT2D eigenvalue weighted by molar-refractivity contribution is 0.169. The van der Waals surface area contributed by atoms with Gasteiger partial charge in [0.15, 0.2) is 0 Å². The summed E-state index contributed by atoms with van der Waals surface area (Å²) in [4.78, 5) is 5.21. The maximum Gasteiger partial charge on any atom is 0.142 e. The Morgan fingerprint density at radius 2 is 1.57 bits per heavy atom. The van der Waals surface area contributed by atoms with E-state index in [1.165, 1.54) is 57.3 Å². The average molecular weight is 288 g/mol. The molecule has 0 aromatic heterocycles. The normalized spacial score (nSPS) is 22.0. The minimum Gasteiger partial charge on any atom is -0.495 e. The van der Waals surface area contributed by atoms with Crippen LogP contribution in [-0.4, -0.2) is 44.2 Å². The molecule has 1 aromatic carbocycles. The van der Waals surface area contributed by atoms with Crippen LogP contribution < -0.4 is 9.64 Å². The van der Waals surface area contributed by atoms with E-state index in [4.69, 9.17) is 4.74 Å². The molecule has 0 bridgehead atoms. The summed E-state index contributed by atoms with van der Waals surface area (Å²) in [6.07, 6.45) is 8.56. The quantitative estimate of drug-likeness (QED) is 0.791. The SMILES string of the molecule is COc1ccccc1N1CCN(C2CCCCCC2)CC1. The number of piperazine rings is 1. The van der Waals surface area contributed by atoms with E-state index in [2.05, 4.69) is 28.0 Å². The second kappa shape index (κ2) is 7.17. The van der Waals surface area contributed by atoms with Crippen LogP contribution in [0.5, 0.6) is 5.75 Å². The maximum atomic E-state index is 5.50. The summed E-state index contributed by atoms with van der Waals surface area (Å²) in [5.41, 5.74) is 1.25. The van der Waals surface area contributed by atoms with Crippen molar-refractivity contribution in [2.75, 3.05) is 38.2 Å². The molecule has 2 fully saturated rings. The van der Waals surface area contributed by atoms with E-state index >= 15 is 0 Å². The molecule has 3 rings (SSSR count). The minimum atomic E-state index is 0.840. The van der Waals surface area contributed by atoms with Crippen LogP contribution in [0.3, 0.4) is 0 Å². The summed E-state index contributed by atoms with van der Waals surface area (Å²) in [5.74, 6) is 1.00. The standard InChI is InChI=1S/C18H28N2O/c1-21-18-11-7-6-10-17(18)20-14-12-19(13-15-20)16-8-4-2-3-5-9-16/h6-7,10-11,16H,2-5,8-9,12-15H2,1H3. The molecular weight excluding hydrogens is 260 g/mol. The van der Waals surface area contributed by atoms with Gasteiger partial charge in [-0.1, -0.05) is 37.8 Å². The molecule has 1 aliphatic carbocycles. The smallest absolute Gasteiger partial charge is 0.142 e. The van der Waals surface area contributed by atoms with Crippen molar-refractivity contribution in [1.82, 2.24) is 4.90 Å². The molecule has 0 atom stereocenters. The second-order valence-electron chi connectivity index (χ2n) is 6.34. The lowest BCUT2D eigenvalue weighted by Gasteiger charge is -2.40. The Morgan fingerprint density at radius 1 is 0.905 bits per heavy atom. The second-order valence-corrected chi connectivity index (χ2v) is 6.34. The van der Waals surface area contributed by atoms with Gasteiger partial charge in [0.1, 0.15) is 5.75 Å². The number of hydrogen-bond donors (Lipinski definition) is 0. The molecule has 0 amide bonds. The first-order chi connectivity index (χ1) is 10.4. The molecule has 1 aromatic rings. The molecule has 1 saturated heterocycles. The number of para-hydroxylation sites is 2. The number of rotatable bonds is 3. The summed E-state index contributed by atoms with van der Waals surface area (Å²) in [6.45, 7) is 4.64. The highest BCUT2D eigenvalue weighted by molar-refractivity contribution is 5.58. The Morgan fingerprint density at radius 3 is 2.24 bits per heavy atom. The summed E-state index contributed by atoms with van der Waals surface area (Å²) >= 11 is 0. The van der Waals surface area contributed by atoms with Gasteiger partial charge in [-0.3, -0.25) is 4.90 Å².